The molecule has 2 aliphatic heterocycles. The molecule has 0 unspecified atom stereocenters. The zero-order valence-electron chi connectivity index (χ0n) is 12.0. The largest absolute Gasteiger partial charge is 0.338 e. The van der Waals surface area contributed by atoms with Gasteiger partial charge >= 0.3 is 0 Å². The summed E-state index contributed by atoms with van der Waals surface area (Å²) in [7, 11) is 0. The molecule has 2 fully saturated rings. The Labute approximate surface area is 133 Å². The van der Waals surface area contributed by atoms with Gasteiger partial charge in [0.1, 0.15) is 5.82 Å². The molecular formula is C16H20BrFN2O. The molecule has 0 aromatic heterocycles. The molecule has 1 aromatic rings. The van der Waals surface area contributed by atoms with E-state index in [-0.39, 0.29) is 11.7 Å². The van der Waals surface area contributed by atoms with Gasteiger partial charge in [0, 0.05) is 23.6 Å². The Bertz CT molecular complexity index is 523. The van der Waals surface area contributed by atoms with Crippen molar-refractivity contribution in [3.63, 3.8) is 0 Å². The number of nitrogens with zero attached hydrogens (tertiary/aromatic N) is 2. The number of hydrogen-bond acceptors (Lipinski definition) is 2. The van der Waals surface area contributed by atoms with E-state index in [4.69, 9.17) is 0 Å². The highest BCUT2D eigenvalue weighted by atomic mass is 79.9. The quantitative estimate of drug-likeness (QED) is 0.813. The molecule has 21 heavy (non-hydrogen) atoms. The molecule has 0 saturated carbocycles. The molecule has 3 rings (SSSR count). The number of carbonyl (C=O) groups excluding carboxylic acids is 1. The number of piperidine rings is 1. The third-order valence-corrected chi connectivity index (χ3v) is 5.26. The van der Waals surface area contributed by atoms with Gasteiger partial charge in [-0.15, -0.1) is 0 Å². The second kappa shape index (κ2) is 6.44. The van der Waals surface area contributed by atoms with E-state index < -0.39 is 0 Å². The van der Waals surface area contributed by atoms with Gasteiger partial charge in [0.15, 0.2) is 0 Å². The lowest BCUT2D eigenvalue weighted by atomic mass is 10.0. The third-order valence-electron chi connectivity index (χ3n) is 4.57. The van der Waals surface area contributed by atoms with Gasteiger partial charge in [-0.3, -0.25) is 4.79 Å². The fraction of sp³-hybridized carbons (Fsp3) is 0.562. The molecule has 1 aromatic carbocycles. The summed E-state index contributed by atoms with van der Waals surface area (Å²) < 4.78 is 14.0. The van der Waals surface area contributed by atoms with E-state index in [1.807, 2.05) is 4.90 Å². The maximum absolute atomic E-state index is 13.3. The number of rotatable bonds is 2. The van der Waals surface area contributed by atoms with Crippen molar-refractivity contribution >= 4 is 21.8 Å². The van der Waals surface area contributed by atoms with Gasteiger partial charge in [0.05, 0.1) is 5.56 Å². The zero-order chi connectivity index (χ0) is 14.8. The van der Waals surface area contributed by atoms with E-state index in [2.05, 4.69) is 20.8 Å². The maximum Gasteiger partial charge on any atom is 0.255 e. The van der Waals surface area contributed by atoms with Crippen molar-refractivity contribution in [1.29, 1.82) is 0 Å². The van der Waals surface area contributed by atoms with Crippen LogP contribution < -0.4 is 0 Å². The van der Waals surface area contributed by atoms with Crippen LogP contribution in [0.15, 0.2) is 22.7 Å². The molecule has 2 heterocycles. The lowest BCUT2D eigenvalue weighted by Gasteiger charge is -2.36. The maximum atomic E-state index is 13.3. The first kappa shape index (κ1) is 15.0. The molecule has 0 radical (unpaired) electrons. The third kappa shape index (κ3) is 3.29. The van der Waals surface area contributed by atoms with Gasteiger partial charge in [-0.2, -0.15) is 0 Å². The Balaban J connectivity index is 1.63. The summed E-state index contributed by atoms with van der Waals surface area (Å²) in [6.45, 7) is 3.94. The average molecular weight is 355 g/mol. The first-order valence-corrected chi connectivity index (χ1v) is 8.43. The van der Waals surface area contributed by atoms with Crippen LogP contribution in [0.25, 0.3) is 0 Å². The molecule has 1 amide bonds. The molecule has 0 N–H and O–H groups in total. The van der Waals surface area contributed by atoms with E-state index in [1.165, 1.54) is 38.1 Å². The molecular weight excluding hydrogens is 335 g/mol. The van der Waals surface area contributed by atoms with Crippen molar-refractivity contribution in [3.8, 4) is 0 Å². The Morgan fingerprint density at radius 3 is 2.48 bits per heavy atom. The van der Waals surface area contributed by atoms with Crippen LogP contribution in [0.1, 0.15) is 36.0 Å². The smallest absolute Gasteiger partial charge is 0.255 e. The van der Waals surface area contributed by atoms with Gasteiger partial charge in [0.25, 0.3) is 5.91 Å². The summed E-state index contributed by atoms with van der Waals surface area (Å²) in [6.07, 6.45) is 4.65. The molecule has 2 saturated heterocycles. The van der Waals surface area contributed by atoms with Gasteiger partial charge < -0.3 is 9.80 Å². The summed E-state index contributed by atoms with van der Waals surface area (Å²) in [5.74, 6) is -0.435. The van der Waals surface area contributed by atoms with Crippen molar-refractivity contribution < 1.29 is 9.18 Å². The highest BCUT2D eigenvalue weighted by molar-refractivity contribution is 9.10. The lowest BCUT2D eigenvalue weighted by Crippen LogP contribution is -2.46. The highest BCUT2D eigenvalue weighted by Gasteiger charge is 2.29. The molecule has 2 aliphatic rings. The zero-order valence-corrected chi connectivity index (χ0v) is 13.6. The van der Waals surface area contributed by atoms with Crippen LogP contribution in [-0.4, -0.2) is 47.9 Å². The van der Waals surface area contributed by atoms with Crippen molar-refractivity contribution in [3.05, 3.63) is 34.1 Å². The van der Waals surface area contributed by atoms with Gasteiger partial charge in [-0.25, -0.2) is 4.39 Å². The number of hydrogen-bond donors (Lipinski definition) is 0. The van der Waals surface area contributed by atoms with E-state index in [9.17, 15) is 9.18 Å². The molecule has 5 heteroatoms. The Morgan fingerprint density at radius 2 is 1.81 bits per heavy atom. The van der Waals surface area contributed by atoms with Crippen LogP contribution in [-0.2, 0) is 0 Å². The second-order valence-corrected chi connectivity index (χ2v) is 6.74. The summed E-state index contributed by atoms with van der Waals surface area (Å²) >= 11 is 3.34. The fourth-order valence-electron chi connectivity index (χ4n) is 3.37. The number of halogens is 2. The lowest BCUT2D eigenvalue weighted by molar-refractivity contribution is 0.0643. The first-order chi connectivity index (χ1) is 10.1. The van der Waals surface area contributed by atoms with Crippen molar-refractivity contribution in [2.75, 3.05) is 26.2 Å². The van der Waals surface area contributed by atoms with E-state index in [0.717, 1.165) is 25.9 Å². The minimum absolute atomic E-state index is 0.0683. The summed E-state index contributed by atoms with van der Waals surface area (Å²) in [4.78, 5) is 16.9. The van der Waals surface area contributed by atoms with Crippen LogP contribution in [0.5, 0.6) is 0 Å². The van der Waals surface area contributed by atoms with Crippen LogP contribution in [0.3, 0.4) is 0 Å². The monoisotopic (exact) mass is 354 g/mol. The second-order valence-electron chi connectivity index (χ2n) is 5.89. The summed E-state index contributed by atoms with van der Waals surface area (Å²) in [6, 6.07) is 4.89. The van der Waals surface area contributed by atoms with Crippen LogP contribution in [0, 0.1) is 5.82 Å². The van der Waals surface area contributed by atoms with E-state index in [0.29, 0.717) is 16.1 Å². The molecule has 3 nitrogen and oxygen atoms in total. The fourth-order valence-corrected chi connectivity index (χ4v) is 3.79. The van der Waals surface area contributed by atoms with Crippen LogP contribution >= 0.6 is 15.9 Å². The summed E-state index contributed by atoms with van der Waals surface area (Å²) in [5, 5.41) is 0. The van der Waals surface area contributed by atoms with Gasteiger partial charge in [-0.1, -0.05) is 0 Å². The minimum Gasteiger partial charge on any atom is -0.338 e. The molecule has 0 bridgehead atoms. The predicted molar refractivity (Wildman–Crippen MR) is 83.8 cm³/mol. The Morgan fingerprint density at radius 1 is 1.14 bits per heavy atom. The SMILES string of the molecule is O=C(c1cc(F)ccc1Br)N1CCC(N2CCCC2)CC1. The number of carbonyl (C=O) groups is 1. The van der Waals surface area contributed by atoms with Crippen LogP contribution in [0.2, 0.25) is 0 Å². The topological polar surface area (TPSA) is 23.6 Å². The Kier molecular flexibility index (Phi) is 4.60. The molecule has 0 aliphatic carbocycles. The van der Waals surface area contributed by atoms with E-state index in [1.54, 1.807) is 6.07 Å². The standard InChI is InChI=1S/C16H20BrFN2O/c17-15-4-3-12(18)11-14(15)16(21)20-9-5-13(6-10-20)19-7-1-2-8-19/h3-4,11,13H,1-2,5-10H2. The number of benzene rings is 1. The van der Waals surface area contributed by atoms with Gasteiger partial charge in [-0.05, 0) is 72.9 Å². The van der Waals surface area contributed by atoms with Gasteiger partial charge in [0.2, 0.25) is 0 Å². The van der Waals surface area contributed by atoms with Crippen molar-refractivity contribution in [1.82, 2.24) is 9.80 Å². The minimum atomic E-state index is -0.367. The van der Waals surface area contributed by atoms with Crippen LogP contribution in [0.4, 0.5) is 4.39 Å². The normalized spacial score (nSPS) is 21.0. The predicted octanol–water partition coefficient (Wildman–Crippen LogP) is 3.29. The first-order valence-electron chi connectivity index (χ1n) is 7.63. The average Bonchev–Trinajstić information content (AvgIpc) is 3.03. The van der Waals surface area contributed by atoms with Crippen molar-refractivity contribution in [2.45, 2.75) is 31.7 Å². The Hall–Kier alpha value is -0.940. The number of amides is 1. The highest BCUT2D eigenvalue weighted by Crippen LogP contribution is 2.24. The number of likely N-dealkylation sites (tertiary alicyclic amines) is 2. The molecule has 0 spiro atoms. The molecule has 0 atom stereocenters. The molecule has 114 valence electrons. The van der Waals surface area contributed by atoms with E-state index >= 15 is 0 Å². The van der Waals surface area contributed by atoms with Crippen molar-refractivity contribution in [2.24, 2.45) is 0 Å². The summed E-state index contributed by atoms with van der Waals surface area (Å²) in [5.41, 5.74) is 0.426.